The number of ether oxygens (including phenoxy) is 2. The van der Waals surface area contributed by atoms with Crippen molar-refractivity contribution in [1.82, 2.24) is 5.32 Å². The average molecular weight is 243 g/mol. The first kappa shape index (κ1) is 14.9. The molecule has 102 valence electrons. The van der Waals surface area contributed by atoms with Gasteiger partial charge >= 0.3 is 0 Å². The minimum absolute atomic E-state index is 0.614. The molecular weight excluding hydrogens is 214 g/mol. The molecule has 1 saturated carbocycles. The van der Waals surface area contributed by atoms with Crippen LogP contribution < -0.4 is 5.32 Å². The monoisotopic (exact) mass is 243 g/mol. The molecule has 1 N–H and O–H groups in total. The summed E-state index contributed by atoms with van der Waals surface area (Å²) in [6, 6.07) is 0.740. The number of hydrogen-bond donors (Lipinski definition) is 1. The molecule has 0 spiro atoms. The van der Waals surface area contributed by atoms with Gasteiger partial charge < -0.3 is 14.8 Å². The molecule has 1 rings (SSSR count). The van der Waals surface area contributed by atoms with Crippen molar-refractivity contribution in [1.29, 1.82) is 0 Å². The summed E-state index contributed by atoms with van der Waals surface area (Å²) in [5, 5.41) is 3.56. The smallest absolute Gasteiger partial charge is 0.0701 e. The maximum Gasteiger partial charge on any atom is 0.0701 e. The van der Waals surface area contributed by atoms with E-state index in [2.05, 4.69) is 19.2 Å². The lowest BCUT2D eigenvalue weighted by atomic mass is 9.96. The molecule has 1 aliphatic rings. The molecule has 0 heterocycles. The van der Waals surface area contributed by atoms with Crippen molar-refractivity contribution in [2.75, 3.05) is 33.0 Å². The van der Waals surface area contributed by atoms with Crippen LogP contribution in [0, 0.1) is 5.92 Å². The van der Waals surface area contributed by atoms with Gasteiger partial charge in [0.05, 0.1) is 19.8 Å². The molecule has 0 bridgehead atoms. The van der Waals surface area contributed by atoms with Gasteiger partial charge in [0, 0.05) is 19.2 Å². The van der Waals surface area contributed by atoms with E-state index in [4.69, 9.17) is 9.47 Å². The normalized spacial score (nSPS) is 17.8. The molecule has 0 amide bonds. The molecule has 3 heteroatoms. The van der Waals surface area contributed by atoms with E-state index >= 15 is 0 Å². The van der Waals surface area contributed by atoms with Crippen molar-refractivity contribution in [3.8, 4) is 0 Å². The molecule has 3 nitrogen and oxygen atoms in total. The van der Waals surface area contributed by atoms with E-state index in [1.165, 1.54) is 32.1 Å². The molecule has 17 heavy (non-hydrogen) atoms. The van der Waals surface area contributed by atoms with Crippen LogP contribution in [0.5, 0.6) is 0 Å². The third-order valence-corrected chi connectivity index (χ3v) is 3.11. The first-order valence-corrected chi connectivity index (χ1v) is 7.18. The van der Waals surface area contributed by atoms with E-state index in [1.807, 2.05) is 0 Å². The predicted molar refractivity (Wildman–Crippen MR) is 71.4 cm³/mol. The van der Waals surface area contributed by atoms with Gasteiger partial charge in [-0.3, -0.25) is 0 Å². The number of hydrogen-bond acceptors (Lipinski definition) is 3. The fourth-order valence-corrected chi connectivity index (χ4v) is 2.18. The summed E-state index contributed by atoms with van der Waals surface area (Å²) in [6.07, 6.45) is 6.89. The first-order valence-electron chi connectivity index (χ1n) is 7.18. The summed E-state index contributed by atoms with van der Waals surface area (Å²) in [4.78, 5) is 0. The molecule has 0 saturated heterocycles. The molecule has 0 aromatic carbocycles. The standard InChI is InChI=1S/C14H29NO2/c1-13(2)12-17-11-10-16-9-8-15-14-6-4-3-5-7-14/h13-15H,3-12H2,1-2H3. The highest BCUT2D eigenvalue weighted by Gasteiger charge is 2.11. The largest absolute Gasteiger partial charge is 0.379 e. The van der Waals surface area contributed by atoms with Crippen molar-refractivity contribution in [3.05, 3.63) is 0 Å². The zero-order valence-corrected chi connectivity index (χ0v) is 11.5. The molecule has 0 unspecified atom stereocenters. The van der Waals surface area contributed by atoms with Gasteiger partial charge in [0.1, 0.15) is 0 Å². The fraction of sp³-hybridized carbons (Fsp3) is 1.00. The highest BCUT2D eigenvalue weighted by atomic mass is 16.5. The lowest BCUT2D eigenvalue weighted by Crippen LogP contribution is -2.33. The summed E-state index contributed by atoms with van der Waals surface area (Å²) >= 11 is 0. The second-order valence-corrected chi connectivity index (χ2v) is 5.37. The minimum atomic E-state index is 0.614. The Balaban J connectivity index is 1.78. The third-order valence-electron chi connectivity index (χ3n) is 3.11. The highest BCUT2D eigenvalue weighted by Crippen LogP contribution is 2.16. The molecule has 1 aliphatic carbocycles. The van der Waals surface area contributed by atoms with E-state index in [9.17, 15) is 0 Å². The van der Waals surface area contributed by atoms with Crippen LogP contribution in [0.3, 0.4) is 0 Å². The molecule has 0 atom stereocenters. The maximum atomic E-state index is 5.52. The Morgan fingerprint density at radius 1 is 1.00 bits per heavy atom. The van der Waals surface area contributed by atoms with Gasteiger partial charge in [-0.2, -0.15) is 0 Å². The number of nitrogens with one attached hydrogen (secondary N) is 1. The average Bonchev–Trinajstić information content (AvgIpc) is 2.33. The zero-order valence-electron chi connectivity index (χ0n) is 11.5. The van der Waals surface area contributed by atoms with E-state index in [1.54, 1.807) is 0 Å². The molecule has 0 aromatic rings. The van der Waals surface area contributed by atoms with Crippen LogP contribution in [-0.2, 0) is 9.47 Å². The van der Waals surface area contributed by atoms with Crippen molar-refractivity contribution in [3.63, 3.8) is 0 Å². The minimum Gasteiger partial charge on any atom is -0.379 e. The Bertz CT molecular complexity index is 168. The van der Waals surface area contributed by atoms with Gasteiger partial charge in [-0.25, -0.2) is 0 Å². The molecular formula is C14H29NO2. The van der Waals surface area contributed by atoms with E-state index in [0.717, 1.165) is 39.0 Å². The van der Waals surface area contributed by atoms with E-state index in [-0.39, 0.29) is 0 Å². The summed E-state index contributed by atoms with van der Waals surface area (Å²) in [5.74, 6) is 0.614. The topological polar surface area (TPSA) is 30.5 Å². The van der Waals surface area contributed by atoms with Gasteiger partial charge in [0.25, 0.3) is 0 Å². The SMILES string of the molecule is CC(C)COCCOCCNC1CCCCC1. The van der Waals surface area contributed by atoms with Crippen LogP contribution in [0.4, 0.5) is 0 Å². The highest BCUT2D eigenvalue weighted by molar-refractivity contribution is 4.71. The van der Waals surface area contributed by atoms with Crippen molar-refractivity contribution < 1.29 is 9.47 Å². The van der Waals surface area contributed by atoms with Gasteiger partial charge in [-0.15, -0.1) is 0 Å². The predicted octanol–water partition coefficient (Wildman–Crippen LogP) is 2.60. The summed E-state index contributed by atoms with van der Waals surface area (Å²) < 4.78 is 11.0. The third kappa shape index (κ3) is 8.58. The van der Waals surface area contributed by atoms with Gasteiger partial charge in [-0.05, 0) is 18.8 Å². The van der Waals surface area contributed by atoms with Crippen LogP contribution in [0.15, 0.2) is 0 Å². The Hall–Kier alpha value is -0.120. The maximum absolute atomic E-state index is 5.52. The van der Waals surface area contributed by atoms with Crippen LogP contribution in [0.2, 0.25) is 0 Å². The second kappa shape index (κ2) is 9.86. The molecule has 1 fully saturated rings. The Morgan fingerprint density at radius 2 is 1.71 bits per heavy atom. The summed E-state index contributed by atoms with van der Waals surface area (Å²) in [6.45, 7) is 8.39. The van der Waals surface area contributed by atoms with Crippen molar-refractivity contribution in [2.45, 2.75) is 52.0 Å². The van der Waals surface area contributed by atoms with Crippen LogP contribution in [0.1, 0.15) is 46.0 Å². The van der Waals surface area contributed by atoms with Gasteiger partial charge in [0.2, 0.25) is 0 Å². The first-order chi connectivity index (χ1) is 8.29. The van der Waals surface area contributed by atoms with Gasteiger partial charge in [-0.1, -0.05) is 33.1 Å². The number of rotatable bonds is 9. The Morgan fingerprint density at radius 3 is 2.41 bits per heavy atom. The summed E-state index contributed by atoms with van der Waals surface area (Å²) in [5.41, 5.74) is 0. The van der Waals surface area contributed by atoms with Crippen molar-refractivity contribution in [2.24, 2.45) is 5.92 Å². The zero-order chi connectivity index (χ0) is 12.3. The Labute approximate surface area is 106 Å². The van der Waals surface area contributed by atoms with E-state index < -0.39 is 0 Å². The van der Waals surface area contributed by atoms with E-state index in [0.29, 0.717) is 5.92 Å². The van der Waals surface area contributed by atoms with Crippen LogP contribution in [-0.4, -0.2) is 39.0 Å². The van der Waals surface area contributed by atoms with Crippen LogP contribution in [0.25, 0.3) is 0 Å². The lowest BCUT2D eigenvalue weighted by Gasteiger charge is -2.22. The van der Waals surface area contributed by atoms with Crippen molar-refractivity contribution >= 4 is 0 Å². The lowest BCUT2D eigenvalue weighted by molar-refractivity contribution is 0.0380. The molecule has 0 aromatic heterocycles. The van der Waals surface area contributed by atoms with Gasteiger partial charge in [0.15, 0.2) is 0 Å². The molecule has 0 radical (unpaired) electrons. The summed E-state index contributed by atoms with van der Waals surface area (Å²) in [7, 11) is 0. The molecule has 0 aliphatic heterocycles. The van der Waals surface area contributed by atoms with Crippen LogP contribution >= 0.6 is 0 Å². The quantitative estimate of drug-likeness (QED) is 0.631. The Kier molecular flexibility index (Phi) is 8.67. The fourth-order valence-electron chi connectivity index (χ4n) is 2.18. The second-order valence-electron chi connectivity index (χ2n) is 5.37.